The number of benzene rings is 1. The summed E-state index contributed by atoms with van der Waals surface area (Å²) in [7, 11) is 0. The summed E-state index contributed by atoms with van der Waals surface area (Å²) >= 11 is 0. The zero-order chi connectivity index (χ0) is 21.1. The molecule has 1 aromatic carbocycles. The number of furan rings is 1. The largest absolute Gasteiger partial charge is 0.467 e. The number of imide groups is 1. The SMILES string of the molecule is O=C(Nc1ccc(-c2ccc(=O)[nH]n2)cc1)C1C=NC(=O)N(Cc2ccco2)C1=O. The first kappa shape index (κ1) is 19.0. The number of aliphatic imine (C=N–C) groups is 1. The van der Waals surface area contributed by atoms with E-state index in [0.29, 0.717) is 17.1 Å². The van der Waals surface area contributed by atoms with Gasteiger partial charge in [0.1, 0.15) is 5.76 Å². The average Bonchev–Trinajstić information content (AvgIpc) is 3.25. The van der Waals surface area contributed by atoms with Gasteiger partial charge >= 0.3 is 6.03 Å². The molecule has 1 atom stereocenters. The van der Waals surface area contributed by atoms with Gasteiger partial charge < -0.3 is 9.73 Å². The molecule has 0 bridgehead atoms. The van der Waals surface area contributed by atoms with Crippen molar-refractivity contribution in [2.45, 2.75) is 6.54 Å². The number of H-pyrrole nitrogens is 1. The summed E-state index contributed by atoms with van der Waals surface area (Å²) < 4.78 is 5.16. The van der Waals surface area contributed by atoms with E-state index in [1.54, 1.807) is 42.5 Å². The number of rotatable bonds is 5. The highest BCUT2D eigenvalue weighted by molar-refractivity contribution is 6.23. The van der Waals surface area contributed by atoms with E-state index in [0.717, 1.165) is 16.7 Å². The van der Waals surface area contributed by atoms with Crippen LogP contribution in [0.1, 0.15) is 5.76 Å². The molecule has 1 unspecified atom stereocenters. The van der Waals surface area contributed by atoms with Crippen molar-refractivity contribution in [3.05, 3.63) is 70.9 Å². The van der Waals surface area contributed by atoms with Gasteiger partial charge in [0.05, 0.1) is 18.5 Å². The summed E-state index contributed by atoms with van der Waals surface area (Å²) in [5.74, 6) is -2.13. The van der Waals surface area contributed by atoms with Crippen LogP contribution >= 0.6 is 0 Å². The molecule has 1 aliphatic heterocycles. The third-order valence-electron chi connectivity index (χ3n) is 4.40. The molecule has 0 spiro atoms. The summed E-state index contributed by atoms with van der Waals surface area (Å²) in [6.07, 6.45) is 2.46. The number of urea groups is 1. The highest BCUT2D eigenvalue weighted by atomic mass is 16.3. The number of hydrogen-bond donors (Lipinski definition) is 2. The van der Waals surface area contributed by atoms with Gasteiger partial charge in [-0.2, -0.15) is 5.10 Å². The van der Waals surface area contributed by atoms with Crippen LogP contribution in [0, 0.1) is 5.92 Å². The number of carbonyl (C=O) groups is 3. The summed E-state index contributed by atoms with van der Waals surface area (Å²) in [6.45, 7) is -0.105. The van der Waals surface area contributed by atoms with Crippen LogP contribution < -0.4 is 10.9 Å². The van der Waals surface area contributed by atoms with Crippen molar-refractivity contribution < 1.29 is 18.8 Å². The molecule has 3 aromatic rings. The number of nitrogens with zero attached hydrogens (tertiary/aromatic N) is 3. The molecular formula is C20H15N5O5. The fourth-order valence-electron chi connectivity index (χ4n) is 2.87. The zero-order valence-electron chi connectivity index (χ0n) is 15.4. The van der Waals surface area contributed by atoms with Crippen LogP contribution in [0.5, 0.6) is 0 Å². The highest BCUT2D eigenvalue weighted by Crippen LogP contribution is 2.20. The van der Waals surface area contributed by atoms with Crippen LogP contribution in [0.25, 0.3) is 11.3 Å². The van der Waals surface area contributed by atoms with Crippen LogP contribution in [0.2, 0.25) is 0 Å². The molecule has 150 valence electrons. The van der Waals surface area contributed by atoms with E-state index in [2.05, 4.69) is 20.5 Å². The summed E-state index contributed by atoms with van der Waals surface area (Å²) in [5.41, 5.74) is 1.44. The predicted octanol–water partition coefficient (Wildman–Crippen LogP) is 1.82. The first-order chi connectivity index (χ1) is 14.5. The smallest absolute Gasteiger partial charge is 0.350 e. The zero-order valence-corrected chi connectivity index (χ0v) is 15.4. The molecule has 10 heteroatoms. The Morgan fingerprint density at radius 3 is 2.57 bits per heavy atom. The molecule has 0 saturated heterocycles. The van der Waals surface area contributed by atoms with Crippen molar-refractivity contribution in [1.29, 1.82) is 0 Å². The predicted molar refractivity (Wildman–Crippen MR) is 106 cm³/mol. The minimum atomic E-state index is -1.24. The molecule has 1 aliphatic rings. The summed E-state index contributed by atoms with van der Waals surface area (Å²) in [5, 5.41) is 8.92. The van der Waals surface area contributed by atoms with Gasteiger partial charge in [0, 0.05) is 23.5 Å². The third kappa shape index (κ3) is 3.92. The fraction of sp³-hybridized carbons (Fsp3) is 0.100. The van der Waals surface area contributed by atoms with Gasteiger partial charge in [-0.3, -0.25) is 19.3 Å². The first-order valence-corrected chi connectivity index (χ1v) is 8.90. The monoisotopic (exact) mass is 405 g/mol. The summed E-state index contributed by atoms with van der Waals surface area (Å²) in [4.78, 5) is 52.8. The van der Waals surface area contributed by atoms with E-state index in [4.69, 9.17) is 4.42 Å². The second-order valence-corrected chi connectivity index (χ2v) is 6.42. The standard InChI is InChI=1S/C20H15N5O5/c26-17-8-7-16(23-24-17)12-3-5-13(6-4-12)22-18(27)15-10-21-20(29)25(19(15)28)11-14-2-1-9-30-14/h1-10,15H,11H2,(H,22,27)(H,24,26). The second kappa shape index (κ2) is 7.95. The van der Waals surface area contributed by atoms with Crippen molar-refractivity contribution in [1.82, 2.24) is 15.1 Å². The lowest BCUT2D eigenvalue weighted by Crippen LogP contribution is -2.47. The Balaban J connectivity index is 1.46. The maximum absolute atomic E-state index is 12.6. The molecular weight excluding hydrogens is 390 g/mol. The van der Waals surface area contributed by atoms with Crippen LogP contribution in [-0.2, 0) is 16.1 Å². The Labute approximate surface area is 169 Å². The number of aromatic amines is 1. The molecule has 10 nitrogen and oxygen atoms in total. The van der Waals surface area contributed by atoms with Crippen LogP contribution in [0.4, 0.5) is 10.5 Å². The van der Waals surface area contributed by atoms with E-state index in [9.17, 15) is 19.2 Å². The summed E-state index contributed by atoms with van der Waals surface area (Å²) in [6, 6.07) is 12.1. The molecule has 0 radical (unpaired) electrons. The van der Waals surface area contributed by atoms with Gasteiger partial charge in [-0.1, -0.05) is 12.1 Å². The van der Waals surface area contributed by atoms with Crippen molar-refractivity contribution in [3.63, 3.8) is 0 Å². The number of nitrogens with one attached hydrogen (secondary N) is 2. The Kier molecular flexibility index (Phi) is 5.04. The van der Waals surface area contributed by atoms with Gasteiger partial charge in [-0.25, -0.2) is 14.9 Å². The lowest BCUT2D eigenvalue weighted by molar-refractivity contribution is -0.135. The lowest BCUT2D eigenvalue weighted by atomic mass is 10.1. The van der Waals surface area contributed by atoms with Gasteiger partial charge in [-0.15, -0.1) is 0 Å². The van der Waals surface area contributed by atoms with E-state index in [-0.39, 0.29) is 12.1 Å². The van der Waals surface area contributed by atoms with Crippen molar-refractivity contribution in [2.24, 2.45) is 10.9 Å². The maximum atomic E-state index is 12.6. The van der Waals surface area contributed by atoms with Gasteiger partial charge in [0.25, 0.3) is 5.56 Å². The first-order valence-electron chi connectivity index (χ1n) is 8.90. The van der Waals surface area contributed by atoms with E-state index < -0.39 is 23.8 Å². The average molecular weight is 405 g/mol. The quantitative estimate of drug-likeness (QED) is 0.621. The minimum absolute atomic E-state index is 0.105. The van der Waals surface area contributed by atoms with Crippen molar-refractivity contribution in [3.8, 4) is 11.3 Å². The molecule has 2 N–H and O–H groups in total. The maximum Gasteiger partial charge on any atom is 0.350 e. The molecule has 3 heterocycles. The van der Waals surface area contributed by atoms with Gasteiger partial charge in [0.2, 0.25) is 11.8 Å². The third-order valence-corrected chi connectivity index (χ3v) is 4.40. The molecule has 0 aliphatic carbocycles. The van der Waals surface area contributed by atoms with Gasteiger partial charge in [-0.05, 0) is 30.3 Å². The number of amides is 4. The van der Waals surface area contributed by atoms with E-state index in [1.807, 2.05) is 0 Å². The number of anilines is 1. The second-order valence-electron chi connectivity index (χ2n) is 6.42. The molecule has 4 amide bonds. The van der Waals surface area contributed by atoms with E-state index >= 15 is 0 Å². The molecule has 0 saturated carbocycles. The lowest BCUT2D eigenvalue weighted by Gasteiger charge is -2.24. The van der Waals surface area contributed by atoms with Gasteiger partial charge in [0.15, 0.2) is 5.92 Å². The minimum Gasteiger partial charge on any atom is -0.467 e. The Bertz CT molecular complexity index is 1160. The van der Waals surface area contributed by atoms with Crippen LogP contribution in [-0.4, -0.2) is 39.2 Å². The topological polar surface area (TPSA) is 138 Å². The molecule has 0 fully saturated rings. The number of aromatic nitrogens is 2. The van der Waals surface area contributed by atoms with E-state index in [1.165, 1.54) is 12.3 Å². The van der Waals surface area contributed by atoms with Crippen molar-refractivity contribution >= 4 is 29.7 Å². The molecule has 4 rings (SSSR count). The normalized spacial score (nSPS) is 16.0. The number of hydrogen-bond acceptors (Lipinski definition) is 6. The highest BCUT2D eigenvalue weighted by Gasteiger charge is 2.36. The fourth-order valence-corrected chi connectivity index (χ4v) is 2.87. The molecule has 2 aromatic heterocycles. The van der Waals surface area contributed by atoms with Crippen molar-refractivity contribution in [2.75, 3.05) is 5.32 Å². The van der Waals surface area contributed by atoms with Crippen LogP contribution in [0.15, 0.2) is 69.0 Å². The Morgan fingerprint density at radius 1 is 1.10 bits per heavy atom. The van der Waals surface area contributed by atoms with Crippen LogP contribution in [0.3, 0.4) is 0 Å². The Morgan fingerprint density at radius 2 is 1.90 bits per heavy atom. The Hall–Kier alpha value is -4.34. The number of carbonyl (C=O) groups excluding carboxylic acids is 3. The molecule has 30 heavy (non-hydrogen) atoms.